The van der Waals surface area contributed by atoms with Crippen molar-refractivity contribution in [2.24, 2.45) is 0 Å². The lowest BCUT2D eigenvalue weighted by molar-refractivity contribution is -0.141. The number of rotatable bonds is 3. The molecule has 7 heteroatoms. The van der Waals surface area contributed by atoms with E-state index >= 15 is 0 Å². The van der Waals surface area contributed by atoms with Crippen LogP contribution >= 0.6 is 11.8 Å². The molecule has 1 N–H and O–H groups in total. The number of thioether (sulfide) groups is 1. The van der Waals surface area contributed by atoms with Crippen molar-refractivity contribution in [3.05, 3.63) is 30.1 Å². The highest BCUT2D eigenvalue weighted by atomic mass is 32.2. The smallest absolute Gasteiger partial charge is 0.327 e. The molecule has 2 amide bonds. The summed E-state index contributed by atoms with van der Waals surface area (Å²) in [5, 5.41) is 9.04. The molecule has 114 valence electrons. The highest BCUT2D eigenvalue weighted by Crippen LogP contribution is 2.31. The SMILES string of the molecule is CCN(C(=O)N1C(C)SCC1C(=O)O)c1ccc(F)cc1. The average molecular weight is 312 g/mol. The molecule has 5 nitrogen and oxygen atoms in total. The molecule has 2 unspecified atom stereocenters. The molecule has 1 aliphatic heterocycles. The van der Waals surface area contributed by atoms with E-state index in [1.54, 1.807) is 6.92 Å². The largest absolute Gasteiger partial charge is 0.480 e. The zero-order valence-corrected chi connectivity index (χ0v) is 12.6. The Labute approximate surface area is 126 Å². The van der Waals surface area contributed by atoms with Crippen LogP contribution in [0.5, 0.6) is 0 Å². The summed E-state index contributed by atoms with van der Waals surface area (Å²) in [4.78, 5) is 26.8. The number of hydrogen-bond donors (Lipinski definition) is 1. The maximum absolute atomic E-state index is 13.0. The lowest BCUT2D eigenvalue weighted by Gasteiger charge is -2.31. The Morgan fingerprint density at radius 1 is 1.43 bits per heavy atom. The van der Waals surface area contributed by atoms with Gasteiger partial charge in [0.1, 0.15) is 11.9 Å². The van der Waals surface area contributed by atoms with Gasteiger partial charge in [-0.2, -0.15) is 0 Å². The Morgan fingerprint density at radius 3 is 2.57 bits per heavy atom. The van der Waals surface area contributed by atoms with Crippen LogP contribution in [0.1, 0.15) is 13.8 Å². The van der Waals surface area contributed by atoms with Gasteiger partial charge in [0.25, 0.3) is 0 Å². The van der Waals surface area contributed by atoms with Crippen LogP contribution < -0.4 is 4.90 Å². The van der Waals surface area contributed by atoms with Crippen LogP contribution in [0.4, 0.5) is 14.9 Å². The number of amides is 2. The molecule has 1 heterocycles. The van der Waals surface area contributed by atoms with Crippen molar-refractivity contribution in [3.63, 3.8) is 0 Å². The molecule has 1 aromatic rings. The fraction of sp³-hybridized carbons (Fsp3) is 0.429. The molecule has 0 spiro atoms. The maximum Gasteiger partial charge on any atom is 0.327 e. The third-order valence-corrected chi connectivity index (χ3v) is 4.63. The Bertz CT molecular complexity index is 538. The lowest BCUT2D eigenvalue weighted by Crippen LogP contribution is -2.51. The summed E-state index contributed by atoms with van der Waals surface area (Å²) < 4.78 is 13.0. The van der Waals surface area contributed by atoms with Gasteiger partial charge in [-0.3, -0.25) is 9.80 Å². The van der Waals surface area contributed by atoms with Gasteiger partial charge in [0.15, 0.2) is 0 Å². The number of urea groups is 1. The van der Waals surface area contributed by atoms with E-state index in [2.05, 4.69) is 0 Å². The zero-order valence-electron chi connectivity index (χ0n) is 11.8. The summed E-state index contributed by atoms with van der Waals surface area (Å²) in [5.41, 5.74) is 0.553. The van der Waals surface area contributed by atoms with E-state index < -0.39 is 12.0 Å². The number of hydrogen-bond acceptors (Lipinski definition) is 3. The molecule has 0 saturated carbocycles. The van der Waals surface area contributed by atoms with Crippen LogP contribution in [-0.2, 0) is 4.79 Å². The minimum Gasteiger partial charge on any atom is -0.480 e. The minimum absolute atomic E-state index is 0.201. The summed E-state index contributed by atoms with van der Waals surface area (Å²) in [5.74, 6) is -1.01. The second kappa shape index (κ2) is 6.34. The number of carbonyl (C=O) groups is 2. The van der Waals surface area contributed by atoms with Crippen LogP contribution in [-0.4, -0.2) is 45.7 Å². The summed E-state index contributed by atoms with van der Waals surface area (Å²) in [6, 6.07) is 4.39. The quantitative estimate of drug-likeness (QED) is 0.932. The Morgan fingerprint density at radius 2 is 2.05 bits per heavy atom. The molecule has 1 aromatic carbocycles. The summed E-state index contributed by atoms with van der Waals surface area (Å²) in [6.45, 7) is 3.99. The van der Waals surface area contributed by atoms with E-state index in [-0.39, 0.29) is 17.2 Å². The van der Waals surface area contributed by atoms with E-state index in [0.29, 0.717) is 18.0 Å². The number of carbonyl (C=O) groups excluding carboxylic acids is 1. The summed E-state index contributed by atoms with van der Waals surface area (Å²) >= 11 is 1.43. The van der Waals surface area contributed by atoms with E-state index in [1.807, 2.05) is 6.92 Å². The Hall–Kier alpha value is -1.76. The number of carboxylic acids is 1. The van der Waals surface area contributed by atoms with Crippen molar-refractivity contribution in [3.8, 4) is 0 Å². The number of aliphatic carboxylic acids is 1. The molecule has 2 atom stereocenters. The normalized spacial score (nSPS) is 21.4. The van der Waals surface area contributed by atoms with Crippen molar-refractivity contribution in [2.45, 2.75) is 25.3 Å². The predicted molar refractivity (Wildman–Crippen MR) is 80.0 cm³/mol. The highest BCUT2D eigenvalue weighted by Gasteiger charge is 2.41. The molecule has 21 heavy (non-hydrogen) atoms. The van der Waals surface area contributed by atoms with Gasteiger partial charge in [-0.25, -0.2) is 14.0 Å². The molecular weight excluding hydrogens is 295 g/mol. The molecule has 0 bridgehead atoms. The van der Waals surface area contributed by atoms with Crippen molar-refractivity contribution >= 4 is 29.4 Å². The van der Waals surface area contributed by atoms with E-state index in [4.69, 9.17) is 0 Å². The van der Waals surface area contributed by atoms with Crippen LogP contribution in [0, 0.1) is 5.82 Å². The number of benzene rings is 1. The molecule has 0 radical (unpaired) electrons. The van der Waals surface area contributed by atoms with Gasteiger partial charge in [0.05, 0.1) is 5.37 Å². The van der Waals surface area contributed by atoms with Gasteiger partial charge in [-0.05, 0) is 38.1 Å². The number of halogens is 1. The van der Waals surface area contributed by atoms with Crippen molar-refractivity contribution in [1.29, 1.82) is 0 Å². The van der Waals surface area contributed by atoms with E-state index in [0.717, 1.165) is 0 Å². The number of nitrogens with zero attached hydrogens (tertiary/aromatic N) is 2. The van der Waals surface area contributed by atoms with Crippen LogP contribution in [0.2, 0.25) is 0 Å². The standard InChI is InChI=1S/C14H17FN2O3S/c1-3-16(11-6-4-10(15)5-7-11)14(20)17-9(2)21-8-12(17)13(18)19/h4-7,9,12H,3,8H2,1-2H3,(H,18,19). The average Bonchev–Trinajstić information content (AvgIpc) is 2.83. The fourth-order valence-corrected chi connectivity index (χ4v) is 3.47. The second-order valence-electron chi connectivity index (χ2n) is 4.70. The van der Waals surface area contributed by atoms with Gasteiger partial charge >= 0.3 is 12.0 Å². The van der Waals surface area contributed by atoms with Gasteiger partial charge < -0.3 is 5.11 Å². The molecule has 1 aliphatic rings. The van der Waals surface area contributed by atoms with Gasteiger partial charge in [0, 0.05) is 18.0 Å². The molecule has 0 aromatic heterocycles. The first-order valence-corrected chi connectivity index (χ1v) is 7.70. The highest BCUT2D eigenvalue weighted by molar-refractivity contribution is 8.00. The minimum atomic E-state index is -1.00. The van der Waals surface area contributed by atoms with Crippen molar-refractivity contribution < 1.29 is 19.1 Å². The van der Waals surface area contributed by atoms with E-state index in [9.17, 15) is 19.1 Å². The van der Waals surface area contributed by atoms with Crippen LogP contribution in [0.15, 0.2) is 24.3 Å². The molecule has 1 fully saturated rings. The molecule has 2 rings (SSSR count). The van der Waals surface area contributed by atoms with Crippen molar-refractivity contribution in [1.82, 2.24) is 4.90 Å². The molecule has 1 saturated heterocycles. The number of anilines is 1. The van der Waals surface area contributed by atoms with Gasteiger partial charge in [-0.1, -0.05) is 0 Å². The van der Waals surface area contributed by atoms with Crippen molar-refractivity contribution in [2.75, 3.05) is 17.2 Å². The predicted octanol–water partition coefficient (Wildman–Crippen LogP) is 2.62. The van der Waals surface area contributed by atoms with E-state index in [1.165, 1.54) is 45.8 Å². The second-order valence-corrected chi connectivity index (χ2v) is 6.05. The first-order valence-electron chi connectivity index (χ1n) is 6.65. The third kappa shape index (κ3) is 3.12. The first-order chi connectivity index (χ1) is 9.95. The molecule has 0 aliphatic carbocycles. The molecular formula is C14H17FN2O3S. The Balaban J connectivity index is 2.27. The zero-order chi connectivity index (χ0) is 15.6. The Kier molecular flexibility index (Phi) is 4.72. The number of carboxylic acid groups (broad SMARTS) is 1. The monoisotopic (exact) mass is 312 g/mol. The lowest BCUT2D eigenvalue weighted by atomic mass is 10.2. The maximum atomic E-state index is 13.0. The fourth-order valence-electron chi connectivity index (χ4n) is 2.31. The van der Waals surface area contributed by atoms with Crippen LogP contribution in [0.25, 0.3) is 0 Å². The first kappa shape index (κ1) is 15.6. The third-order valence-electron chi connectivity index (χ3n) is 3.41. The summed E-state index contributed by atoms with van der Waals surface area (Å²) in [7, 11) is 0. The topological polar surface area (TPSA) is 60.9 Å². The van der Waals surface area contributed by atoms with Crippen LogP contribution in [0.3, 0.4) is 0 Å². The van der Waals surface area contributed by atoms with Gasteiger partial charge in [0.2, 0.25) is 0 Å². The van der Waals surface area contributed by atoms with Gasteiger partial charge in [-0.15, -0.1) is 11.8 Å². The summed E-state index contributed by atoms with van der Waals surface area (Å²) in [6.07, 6.45) is 0.